The van der Waals surface area contributed by atoms with Gasteiger partial charge in [-0.3, -0.25) is 10.1 Å². The van der Waals surface area contributed by atoms with Gasteiger partial charge in [0.1, 0.15) is 6.21 Å². The van der Waals surface area contributed by atoms with Gasteiger partial charge in [-0.05, 0) is 26.0 Å². The Bertz CT molecular complexity index is 437. The van der Waals surface area contributed by atoms with Gasteiger partial charge >= 0.3 is 5.97 Å². The Hall–Kier alpha value is -2.24. The van der Waals surface area contributed by atoms with Crippen LogP contribution in [0.5, 0.6) is 0 Å². The number of ether oxygens (including phenoxy) is 1. The monoisotopic (exact) mass is 236 g/mol. The first kappa shape index (κ1) is 12.8. The molecule has 0 unspecified atom stereocenters. The van der Waals surface area contributed by atoms with Gasteiger partial charge in [0.15, 0.2) is 0 Å². The van der Waals surface area contributed by atoms with E-state index in [0.717, 1.165) is 6.21 Å². The van der Waals surface area contributed by atoms with Gasteiger partial charge in [-0.15, -0.1) is 0 Å². The average Bonchev–Trinajstić information content (AvgIpc) is 2.26. The van der Waals surface area contributed by atoms with Crippen molar-refractivity contribution in [3.8, 4) is 0 Å². The van der Waals surface area contributed by atoms with Crippen molar-refractivity contribution < 1.29 is 14.5 Å². The molecule has 0 saturated carbocycles. The number of nitro groups is 1. The highest BCUT2D eigenvalue weighted by Gasteiger charge is 2.04. The number of carbonyl (C=O) groups is 1. The van der Waals surface area contributed by atoms with Crippen LogP contribution >= 0.6 is 0 Å². The first-order chi connectivity index (χ1) is 7.99. The Balaban J connectivity index is 2.66. The van der Waals surface area contributed by atoms with Crippen molar-refractivity contribution >= 4 is 23.6 Å². The smallest absolute Gasteiger partial charge is 0.349 e. The number of hydrogen-bond donors (Lipinski definition) is 0. The zero-order valence-electron chi connectivity index (χ0n) is 9.49. The number of hydrogen-bond acceptors (Lipinski definition) is 5. The van der Waals surface area contributed by atoms with E-state index in [1.54, 1.807) is 13.8 Å². The SMILES string of the molecule is CC(C)OC(=O)C=Nc1ccc([N+](=O)[O-])cc1. The molecular formula is C11H12N2O4. The Kier molecular flexibility index (Phi) is 4.33. The Morgan fingerprint density at radius 1 is 1.41 bits per heavy atom. The maximum absolute atomic E-state index is 11.1. The molecule has 0 bridgehead atoms. The summed E-state index contributed by atoms with van der Waals surface area (Å²) in [5.41, 5.74) is 0.435. The molecule has 17 heavy (non-hydrogen) atoms. The molecule has 1 rings (SSSR count). The van der Waals surface area contributed by atoms with Crippen LogP contribution in [0.25, 0.3) is 0 Å². The number of nitro benzene ring substituents is 1. The van der Waals surface area contributed by atoms with E-state index in [-0.39, 0.29) is 11.8 Å². The lowest BCUT2D eigenvalue weighted by Crippen LogP contribution is -2.11. The van der Waals surface area contributed by atoms with Gasteiger partial charge in [0, 0.05) is 12.1 Å². The van der Waals surface area contributed by atoms with E-state index >= 15 is 0 Å². The summed E-state index contributed by atoms with van der Waals surface area (Å²) in [6, 6.07) is 5.55. The molecule has 90 valence electrons. The topological polar surface area (TPSA) is 81.8 Å². The molecular weight excluding hydrogens is 224 g/mol. The van der Waals surface area contributed by atoms with Crippen molar-refractivity contribution in [3.63, 3.8) is 0 Å². The summed E-state index contributed by atoms with van der Waals surface area (Å²) >= 11 is 0. The van der Waals surface area contributed by atoms with Crippen LogP contribution in [-0.4, -0.2) is 23.2 Å². The van der Waals surface area contributed by atoms with Crippen LogP contribution in [0.2, 0.25) is 0 Å². The van der Waals surface area contributed by atoms with Crippen molar-refractivity contribution in [2.45, 2.75) is 20.0 Å². The maximum Gasteiger partial charge on any atom is 0.349 e. The molecule has 1 aromatic carbocycles. The first-order valence-electron chi connectivity index (χ1n) is 4.98. The summed E-state index contributed by atoms with van der Waals surface area (Å²) in [6.07, 6.45) is 0.840. The summed E-state index contributed by atoms with van der Waals surface area (Å²) in [6.45, 7) is 3.47. The fraction of sp³-hybridized carbons (Fsp3) is 0.273. The number of carbonyl (C=O) groups excluding carboxylic acids is 1. The summed E-state index contributed by atoms with van der Waals surface area (Å²) in [7, 11) is 0. The van der Waals surface area contributed by atoms with Gasteiger partial charge in [0.25, 0.3) is 5.69 Å². The van der Waals surface area contributed by atoms with Crippen molar-refractivity contribution in [2.24, 2.45) is 4.99 Å². The molecule has 0 saturated heterocycles. The van der Waals surface area contributed by atoms with Crippen LogP contribution in [-0.2, 0) is 9.53 Å². The highest BCUT2D eigenvalue weighted by atomic mass is 16.6. The highest BCUT2D eigenvalue weighted by Crippen LogP contribution is 2.17. The third-order valence-corrected chi connectivity index (χ3v) is 1.73. The molecule has 1 aromatic rings. The minimum atomic E-state index is -0.543. The zero-order chi connectivity index (χ0) is 12.8. The molecule has 0 atom stereocenters. The van der Waals surface area contributed by atoms with Crippen molar-refractivity contribution in [3.05, 3.63) is 34.4 Å². The number of nitrogens with zero attached hydrogens (tertiary/aromatic N) is 2. The molecule has 0 aliphatic rings. The second-order valence-corrected chi connectivity index (χ2v) is 3.52. The molecule has 0 amide bonds. The highest BCUT2D eigenvalue weighted by molar-refractivity contribution is 6.23. The van der Waals surface area contributed by atoms with E-state index in [9.17, 15) is 14.9 Å². The minimum Gasteiger partial charge on any atom is -0.459 e. The largest absolute Gasteiger partial charge is 0.459 e. The minimum absolute atomic E-state index is 0.0197. The first-order valence-corrected chi connectivity index (χ1v) is 4.98. The molecule has 0 radical (unpaired) electrons. The average molecular weight is 236 g/mol. The predicted octanol–water partition coefficient (Wildman–Crippen LogP) is 2.25. The molecule has 0 aromatic heterocycles. The van der Waals surface area contributed by atoms with Crippen molar-refractivity contribution in [1.29, 1.82) is 0 Å². The molecule has 0 heterocycles. The number of benzene rings is 1. The van der Waals surface area contributed by atoms with Gasteiger partial charge < -0.3 is 4.74 Å². The summed E-state index contributed by atoms with van der Waals surface area (Å²) in [5, 5.41) is 10.4. The van der Waals surface area contributed by atoms with Crippen LogP contribution in [0.4, 0.5) is 11.4 Å². The zero-order valence-corrected chi connectivity index (χ0v) is 9.49. The van der Waals surface area contributed by atoms with E-state index in [0.29, 0.717) is 5.69 Å². The second-order valence-electron chi connectivity index (χ2n) is 3.52. The van der Waals surface area contributed by atoms with Gasteiger partial charge in [-0.25, -0.2) is 9.79 Å². The van der Waals surface area contributed by atoms with Gasteiger partial charge in [0.2, 0.25) is 0 Å². The van der Waals surface area contributed by atoms with Crippen LogP contribution < -0.4 is 0 Å². The van der Waals surface area contributed by atoms with E-state index in [4.69, 9.17) is 4.74 Å². The molecule has 6 heteroatoms. The Morgan fingerprint density at radius 2 is 2.00 bits per heavy atom. The van der Waals surface area contributed by atoms with Crippen LogP contribution in [0, 0.1) is 10.1 Å². The molecule has 0 aliphatic heterocycles. The summed E-state index contributed by atoms with van der Waals surface area (Å²) < 4.78 is 4.84. The van der Waals surface area contributed by atoms with Gasteiger partial charge in [0.05, 0.1) is 16.7 Å². The van der Waals surface area contributed by atoms with Gasteiger partial charge in [-0.1, -0.05) is 0 Å². The number of aliphatic imine (C=N–C) groups is 1. The number of rotatable bonds is 4. The lowest BCUT2D eigenvalue weighted by atomic mass is 10.3. The standard InChI is InChI=1S/C11H12N2O4/c1-8(2)17-11(14)7-12-9-3-5-10(6-4-9)13(15)16/h3-8H,1-2H3. The molecule has 6 nitrogen and oxygen atoms in total. The third-order valence-electron chi connectivity index (χ3n) is 1.73. The predicted molar refractivity (Wildman–Crippen MR) is 62.5 cm³/mol. The van der Waals surface area contributed by atoms with E-state index in [1.165, 1.54) is 24.3 Å². The fourth-order valence-electron chi connectivity index (χ4n) is 1.05. The Labute approximate surface area is 98.1 Å². The number of non-ortho nitro benzene ring substituents is 1. The fourth-order valence-corrected chi connectivity index (χ4v) is 1.05. The van der Waals surface area contributed by atoms with Crippen LogP contribution in [0.1, 0.15) is 13.8 Å². The van der Waals surface area contributed by atoms with Gasteiger partial charge in [-0.2, -0.15) is 0 Å². The number of esters is 1. The van der Waals surface area contributed by atoms with E-state index in [2.05, 4.69) is 4.99 Å². The second kappa shape index (κ2) is 5.74. The van der Waals surface area contributed by atoms with Crippen LogP contribution in [0.15, 0.2) is 29.3 Å². The normalized spacial score (nSPS) is 10.8. The van der Waals surface area contributed by atoms with Crippen molar-refractivity contribution in [1.82, 2.24) is 0 Å². The Morgan fingerprint density at radius 3 is 2.47 bits per heavy atom. The van der Waals surface area contributed by atoms with E-state index < -0.39 is 10.9 Å². The third kappa shape index (κ3) is 4.42. The molecule has 0 fully saturated rings. The molecule has 0 aliphatic carbocycles. The summed E-state index contributed by atoms with van der Waals surface area (Å²) in [5.74, 6) is -0.543. The lowest BCUT2D eigenvalue weighted by Gasteiger charge is -2.03. The van der Waals surface area contributed by atoms with E-state index in [1.807, 2.05) is 0 Å². The lowest BCUT2D eigenvalue weighted by molar-refractivity contribution is -0.384. The molecule has 0 spiro atoms. The quantitative estimate of drug-likeness (QED) is 0.347. The maximum atomic E-state index is 11.1. The van der Waals surface area contributed by atoms with Crippen LogP contribution in [0.3, 0.4) is 0 Å². The summed E-state index contributed by atoms with van der Waals surface area (Å²) in [4.78, 5) is 24.9. The van der Waals surface area contributed by atoms with Crippen molar-refractivity contribution in [2.75, 3.05) is 0 Å². The molecule has 0 N–H and O–H groups in total.